The van der Waals surface area contributed by atoms with Crippen molar-refractivity contribution >= 4 is 23.4 Å². The van der Waals surface area contributed by atoms with Gasteiger partial charge in [-0.15, -0.1) is 0 Å². The largest absolute Gasteiger partial charge is 0.510 e. The fourth-order valence-electron chi connectivity index (χ4n) is 4.29. The zero-order valence-corrected chi connectivity index (χ0v) is 23.6. The van der Waals surface area contributed by atoms with E-state index >= 15 is 0 Å². The Morgan fingerprint density at radius 2 is 1.80 bits per heavy atom. The highest BCUT2D eigenvalue weighted by Crippen LogP contribution is 2.26. The third-order valence-electron chi connectivity index (χ3n) is 6.55. The van der Waals surface area contributed by atoms with Crippen LogP contribution in [0.4, 0.5) is 0 Å². The van der Waals surface area contributed by atoms with E-state index < -0.39 is 29.3 Å². The SMILES string of the molecule is CCCC[C@@H](C)/C=C(C)/C=C(\C)C(=O)NC1=C[C@@](O)(/C=C/C=C/C=C/C(=O)NC2=C(O)CCC2=O)[C@H](O)CC1=O. The maximum Gasteiger partial charge on any atom is 0.251 e. The van der Waals surface area contributed by atoms with E-state index in [0.29, 0.717) is 11.5 Å². The van der Waals surface area contributed by atoms with Gasteiger partial charge in [0.1, 0.15) is 17.1 Å². The number of unbranched alkanes of at least 4 members (excludes halogenated alkanes) is 1. The van der Waals surface area contributed by atoms with Crippen molar-refractivity contribution in [2.24, 2.45) is 5.92 Å². The van der Waals surface area contributed by atoms with Crippen molar-refractivity contribution in [2.75, 3.05) is 0 Å². The van der Waals surface area contributed by atoms with Gasteiger partial charge in [0.25, 0.3) is 5.91 Å². The first-order chi connectivity index (χ1) is 18.9. The van der Waals surface area contributed by atoms with E-state index in [9.17, 15) is 34.5 Å². The summed E-state index contributed by atoms with van der Waals surface area (Å²) in [6.07, 6.45) is 15.1. The minimum Gasteiger partial charge on any atom is -0.510 e. The van der Waals surface area contributed by atoms with E-state index in [0.717, 1.165) is 37.0 Å². The van der Waals surface area contributed by atoms with Crippen LogP contribution in [-0.4, -0.2) is 50.4 Å². The lowest BCUT2D eigenvalue weighted by Gasteiger charge is -2.31. The maximum absolute atomic E-state index is 12.7. The lowest BCUT2D eigenvalue weighted by atomic mass is 9.85. The van der Waals surface area contributed by atoms with Crippen molar-refractivity contribution in [1.29, 1.82) is 0 Å². The molecule has 0 bridgehead atoms. The van der Waals surface area contributed by atoms with Crippen LogP contribution in [0.2, 0.25) is 0 Å². The molecule has 0 radical (unpaired) electrons. The smallest absolute Gasteiger partial charge is 0.251 e. The number of nitrogens with one attached hydrogen (secondary N) is 2. The fraction of sp³-hybridized carbons (Fsp3) is 0.419. The highest BCUT2D eigenvalue weighted by Gasteiger charge is 2.39. The topological polar surface area (TPSA) is 153 Å². The molecule has 0 unspecified atom stereocenters. The number of Topliss-reactive ketones (excluding diaryl/α,β-unsaturated/α-hetero) is 2. The number of amides is 2. The summed E-state index contributed by atoms with van der Waals surface area (Å²) >= 11 is 0. The Morgan fingerprint density at radius 3 is 2.45 bits per heavy atom. The molecule has 3 atom stereocenters. The Bertz CT molecular complexity index is 1220. The zero-order chi connectivity index (χ0) is 29.9. The Kier molecular flexibility index (Phi) is 12.2. The quantitative estimate of drug-likeness (QED) is 0.183. The lowest BCUT2D eigenvalue weighted by molar-refractivity contribution is -0.125. The molecule has 0 fully saturated rings. The minimum atomic E-state index is -1.91. The maximum atomic E-state index is 12.7. The number of ketones is 2. The van der Waals surface area contributed by atoms with Crippen molar-refractivity contribution in [2.45, 2.75) is 77.9 Å². The predicted molar refractivity (Wildman–Crippen MR) is 152 cm³/mol. The average Bonchev–Trinajstić information content (AvgIpc) is 3.20. The molecule has 0 aliphatic heterocycles. The van der Waals surface area contributed by atoms with Crippen LogP contribution < -0.4 is 10.6 Å². The average molecular weight is 553 g/mol. The number of rotatable bonds is 12. The minimum absolute atomic E-state index is 0.0921. The summed E-state index contributed by atoms with van der Waals surface area (Å²) < 4.78 is 0. The van der Waals surface area contributed by atoms with E-state index in [1.165, 1.54) is 30.4 Å². The van der Waals surface area contributed by atoms with Crippen LogP contribution in [0.15, 0.2) is 83.0 Å². The summed E-state index contributed by atoms with van der Waals surface area (Å²) in [5.74, 6) is -1.66. The number of aliphatic hydroxyl groups excluding tert-OH is 2. The van der Waals surface area contributed by atoms with Gasteiger partial charge in [0.15, 0.2) is 11.6 Å². The summed E-state index contributed by atoms with van der Waals surface area (Å²) in [6.45, 7) is 7.82. The zero-order valence-electron chi connectivity index (χ0n) is 23.6. The number of carbonyl (C=O) groups is 4. The molecule has 2 aliphatic rings. The summed E-state index contributed by atoms with van der Waals surface area (Å²) in [5, 5.41) is 35.8. The number of allylic oxidation sites excluding steroid dienone is 10. The van der Waals surface area contributed by atoms with Crippen LogP contribution in [-0.2, 0) is 19.2 Å². The van der Waals surface area contributed by atoms with E-state index in [-0.39, 0.29) is 42.2 Å². The molecule has 0 saturated carbocycles. The van der Waals surface area contributed by atoms with Crippen molar-refractivity contribution in [3.63, 3.8) is 0 Å². The van der Waals surface area contributed by atoms with Crippen LogP contribution in [0.1, 0.15) is 66.2 Å². The first-order valence-corrected chi connectivity index (χ1v) is 13.5. The molecule has 40 heavy (non-hydrogen) atoms. The van der Waals surface area contributed by atoms with Crippen LogP contribution in [0.25, 0.3) is 0 Å². The normalized spacial score (nSPS) is 23.4. The number of carbonyl (C=O) groups excluding carboxylic acids is 4. The summed E-state index contributed by atoms with van der Waals surface area (Å²) in [7, 11) is 0. The van der Waals surface area contributed by atoms with Gasteiger partial charge in [0.05, 0.1) is 11.8 Å². The van der Waals surface area contributed by atoms with Gasteiger partial charge in [0.2, 0.25) is 5.91 Å². The van der Waals surface area contributed by atoms with Gasteiger partial charge < -0.3 is 26.0 Å². The molecule has 216 valence electrons. The first kappa shape index (κ1) is 32.4. The predicted octanol–water partition coefficient (Wildman–Crippen LogP) is 3.69. The fourth-order valence-corrected chi connectivity index (χ4v) is 4.29. The van der Waals surface area contributed by atoms with Gasteiger partial charge in [-0.1, -0.05) is 68.7 Å². The highest BCUT2D eigenvalue weighted by molar-refractivity contribution is 6.04. The van der Waals surface area contributed by atoms with E-state index in [2.05, 4.69) is 30.6 Å². The van der Waals surface area contributed by atoms with E-state index in [1.54, 1.807) is 13.0 Å². The van der Waals surface area contributed by atoms with E-state index in [4.69, 9.17) is 0 Å². The van der Waals surface area contributed by atoms with Gasteiger partial charge in [-0.2, -0.15) is 0 Å². The van der Waals surface area contributed by atoms with Gasteiger partial charge >= 0.3 is 0 Å². The van der Waals surface area contributed by atoms with E-state index in [1.807, 2.05) is 6.92 Å². The second-order valence-corrected chi connectivity index (χ2v) is 10.2. The Morgan fingerprint density at radius 1 is 1.10 bits per heavy atom. The Balaban J connectivity index is 2.03. The molecule has 2 rings (SSSR count). The monoisotopic (exact) mass is 552 g/mol. The molecule has 0 spiro atoms. The number of hydrogen-bond acceptors (Lipinski definition) is 7. The summed E-state index contributed by atoms with van der Waals surface area (Å²) in [5.41, 5.74) is -0.761. The molecular formula is C31H40N2O7. The van der Waals surface area contributed by atoms with Crippen LogP contribution in [0, 0.1) is 5.92 Å². The van der Waals surface area contributed by atoms with Crippen molar-refractivity contribution in [1.82, 2.24) is 10.6 Å². The van der Waals surface area contributed by atoms with Crippen molar-refractivity contribution < 1.29 is 34.5 Å². The van der Waals surface area contributed by atoms with Crippen LogP contribution >= 0.6 is 0 Å². The van der Waals surface area contributed by atoms with Gasteiger partial charge in [-0.05, 0) is 38.3 Å². The molecule has 0 saturated heterocycles. The van der Waals surface area contributed by atoms with Crippen LogP contribution in [0.5, 0.6) is 0 Å². The first-order valence-electron chi connectivity index (χ1n) is 13.5. The van der Waals surface area contributed by atoms with Crippen molar-refractivity contribution in [3.8, 4) is 0 Å². The second kappa shape index (κ2) is 15.1. The molecule has 0 aromatic heterocycles. The lowest BCUT2D eigenvalue weighted by Crippen LogP contribution is -2.46. The molecule has 0 heterocycles. The summed E-state index contributed by atoms with van der Waals surface area (Å²) in [4.78, 5) is 48.7. The number of hydrogen-bond donors (Lipinski definition) is 5. The third-order valence-corrected chi connectivity index (χ3v) is 6.55. The van der Waals surface area contributed by atoms with Gasteiger partial charge in [-0.25, -0.2) is 0 Å². The Hall–Kier alpha value is -3.82. The summed E-state index contributed by atoms with van der Waals surface area (Å²) in [6, 6.07) is 0. The molecule has 2 aliphatic carbocycles. The standard InChI is InChI=1S/C31H40N2O7/c1-5-6-11-20(2)16-21(3)17-22(4)30(39)32-23-19-31(40,27(37)18-26(23)36)15-10-8-7-9-12-28(38)33-29-24(34)13-14-25(29)35/h7-10,12,15-17,19-20,27,34,37,40H,5-6,11,13-14,18H2,1-4H3,(H,32,39)(H,33,38)/b8-7+,12-9+,15-10+,21-16+,22-17+/t20-,27-,31+/m1/s1. The molecule has 9 nitrogen and oxygen atoms in total. The molecule has 2 amide bonds. The second-order valence-electron chi connectivity index (χ2n) is 10.2. The van der Waals surface area contributed by atoms with Gasteiger partial charge in [0, 0.05) is 30.9 Å². The molecule has 0 aromatic carbocycles. The molecule has 5 N–H and O–H groups in total. The Labute approximate surface area is 235 Å². The highest BCUT2D eigenvalue weighted by atomic mass is 16.3. The molecule has 0 aromatic rings. The van der Waals surface area contributed by atoms with Crippen molar-refractivity contribution in [3.05, 3.63) is 83.0 Å². The third kappa shape index (κ3) is 9.73. The number of aliphatic hydroxyl groups is 3. The molecular weight excluding hydrogens is 512 g/mol. The van der Waals surface area contributed by atoms with Crippen LogP contribution in [0.3, 0.4) is 0 Å². The molecule has 9 heteroatoms. The van der Waals surface area contributed by atoms with Gasteiger partial charge in [-0.3, -0.25) is 19.2 Å².